The normalized spacial score (nSPS) is 28.7. The highest BCUT2D eigenvalue weighted by molar-refractivity contribution is 8.32. The second-order valence-electron chi connectivity index (χ2n) is 20.0. The lowest BCUT2D eigenvalue weighted by Gasteiger charge is -2.58. The molecule has 8 atom stereocenters. The second-order valence-corrected chi connectivity index (χ2v) is 29.8. The third kappa shape index (κ3) is 8.29. The molecule has 3 saturated carbocycles. The van der Waals surface area contributed by atoms with E-state index in [1.807, 2.05) is 0 Å². The summed E-state index contributed by atoms with van der Waals surface area (Å²) >= 11 is 14.4. The maximum Gasteiger partial charge on any atom is 0.0612 e. The molecule has 0 bridgehead atoms. The van der Waals surface area contributed by atoms with E-state index in [1.54, 1.807) is 5.57 Å². The Hall–Kier alpha value is -2.12. The molecule has 0 aliphatic heterocycles. The molecule has 0 radical (unpaired) electrons. The van der Waals surface area contributed by atoms with E-state index in [-0.39, 0.29) is 11.5 Å². The maximum atomic E-state index is 7.22. The number of ether oxygens (including phenoxy) is 1. The number of fused-ring (bicyclic) bond motifs is 5. The minimum Gasteiger partial charge on any atom is -0.378 e. The summed E-state index contributed by atoms with van der Waals surface area (Å²) in [6.45, 7) is 13.5. The van der Waals surface area contributed by atoms with E-state index >= 15 is 0 Å². The van der Waals surface area contributed by atoms with Gasteiger partial charge in [0.2, 0.25) is 0 Å². The van der Waals surface area contributed by atoms with Crippen LogP contribution in [0, 0.1) is 46.3 Å². The molecule has 1 nitrogen and oxygen atoms in total. The Balaban J connectivity index is 1.04. The van der Waals surface area contributed by atoms with Crippen molar-refractivity contribution in [2.45, 2.75) is 123 Å². The second kappa shape index (κ2) is 18.3. The minimum absolute atomic E-state index is 0.0582. The van der Waals surface area contributed by atoms with Gasteiger partial charge in [-0.05, 0) is 125 Å². The topological polar surface area (TPSA) is 9.23 Å². The van der Waals surface area contributed by atoms with Gasteiger partial charge in [-0.2, -0.15) is 0 Å². The molecule has 0 unspecified atom stereocenters. The Morgan fingerprint density at radius 2 is 1.15 bits per heavy atom. The van der Waals surface area contributed by atoms with E-state index in [1.165, 1.54) is 79.0 Å². The Labute approximate surface area is 368 Å². The molecule has 3 fully saturated rings. The van der Waals surface area contributed by atoms with Crippen LogP contribution in [-0.4, -0.2) is 18.1 Å². The van der Waals surface area contributed by atoms with Crippen molar-refractivity contribution in [3.05, 3.63) is 133 Å². The quantitative estimate of drug-likeness (QED) is 0.0871. The zero-order valence-electron chi connectivity index (χ0n) is 36.6. The van der Waals surface area contributed by atoms with E-state index in [4.69, 9.17) is 28.4 Å². The number of allylic oxidation sites excluding steroid dienone is 1. The van der Waals surface area contributed by atoms with Crippen molar-refractivity contribution in [1.82, 2.24) is 0 Å². The van der Waals surface area contributed by atoms with Crippen LogP contribution >= 0.6 is 12.1 Å². The van der Waals surface area contributed by atoms with Crippen LogP contribution in [0.15, 0.2) is 133 Å². The fraction of sp³-hybridized carbons (Fsp3) is 0.519. The maximum absolute atomic E-state index is 7.22. The van der Waals surface area contributed by atoms with Crippen molar-refractivity contribution in [3.8, 4) is 0 Å². The van der Waals surface area contributed by atoms with Gasteiger partial charge in [-0.3, -0.25) is 0 Å². The predicted molar refractivity (Wildman–Crippen MR) is 264 cm³/mol. The first-order valence-corrected chi connectivity index (χ1v) is 29.0. The average molecular weight is 861 g/mol. The summed E-state index contributed by atoms with van der Waals surface area (Å²) in [6, 6.07) is 39.0. The third-order valence-corrected chi connectivity index (χ3v) is 29.9. The summed E-state index contributed by atoms with van der Waals surface area (Å²) in [6.07, 6.45) is 18.6. The minimum atomic E-state index is -2.46. The molecule has 4 aromatic carbocycles. The Morgan fingerprint density at radius 1 is 0.627 bits per heavy atom. The highest BCUT2D eigenvalue weighted by Crippen LogP contribution is 2.69. The summed E-state index contributed by atoms with van der Waals surface area (Å²) in [5.41, 5.74) is 2.56. The lowest BCUT2D eigenvalue weighted by atomic mass is 9.47. The summed E-state index contributed by atoms with van der Waals surface area (Å²) in [5.74, 6) is 5.17. The molecule has 0 amide bonds. The van der Waals surface area contributed by atoms with Crippen LogP contribution in [0.25, 0.3) is 0 Å². The van der Waals surface area contributed by atoms with Gasteiger partial charge in [-0.1, -0.05) is 210 Å². The van der Waals surface area contributed by atoms with Crippen molar-refractivity contribution in [2.75, 3.05) is 6.61 Å². The van der Waals surface area contributed by atoms with Gasteiger partial charge in [0.15, 0.2) is 0 Å². The summed E-state index contributed by atoms with van der Waals surface area (Å²) in [5, 5.41) is 5.06. The monoisotopic (exact) mass is 860 g/mol. The van der Waals surface area contributed by atoms with E-state index in [0.29, 0.717) is 17.4 Å². The first kappa shape index (κ1) is 43.5. The zero-order valence-corrected chi connectivity index (χ0v) is 40.0. The van der Waals surface area contributed by atoms with Crippen LogP contribution in [0.2, 0.25) is 0 Å². The van der Waals surface area contributed by atoms with Crippen LogP contribution in [0.1, 0.15) is 112 Å². The van der Waals surface area contributed by atoms with Gasteiger partial charge in [0, 0.05) is 24.1 Å². The SMILES string of the molecule is CC(C)CCC[C@@H](C)[C@H]1CC[C@H]2[C@@H]3CC=C4C[C@@H](OCCC(P(=S)(c5ccccc5)c5ccccc5)P(=S)(c5ccccc5)c5ccccc5)CC[C@]4(C)[C@H]3CC[C@]12C. The molecular weight excluding hydrogens is 791 g/mol. The van der Waals surface area contributed by atoms with Crippen molar-refractivity contribution in [3.63, 3.8) is 0 Å². The van der Waals surface area contributed by atoms with Gasteiger partial charge in [0.25, 0.3) is 0 Å². The molecule has 0 aromatic heterocycles. The van der Waals surface area contributed by atoms with Crippen LogP contribution in [-0.2, 0) is 28.4 Å². The fourth-order valence-corrected chi connectivity index (χ4v) is 27.3. The van der Waals surface area contributed by atoms with Gasteiger partial charge in [0.1, 0.15) is 0 Å². The molecule has 4 aliphatic rings. The van der Waals surface area contributed by atoms with Crippen LogP contribution in [0.3, 0.4) is 0 Å². The van der Waals surface area contributed by atoms with Gasteiger partial charge >= 0.3 is 0 Å². The molecule has 59 heavy (non-hydrogen) atoms. The van der Waals surface area contributed by atoms with Crippen molar-refractivity contribution < 1.29 is 4.74 Å². The molecular formula is C54H70OP2S2. The highest BCUT2D eigenvalue weighted by Gasteiger charge is 2.59. The van der Waals surface area contributed by atoms with Crippen LogP contribution < -0.4 is 21.2 Å². The van der Waals surface area contributed by atoms with Crippen LogP contribution in [0.4, 0.5) is 0 Å². The van der Waals surface area contributed by atoms with Crippen molar-refractivity contribution in [1.29, 1.82) is 0 Å². The molecule has 4 aliphatic carbocycles. The Bertz CT molecular complexity index is 1930. The lowest BCUT2D eigenvalue weighted by molar-refractivity contribution is -0.0639. The molecule has 0 spiro atoms. The zero-order chi connectivity index (χ0) is 41.3. The fourth-order valence-electron chi connectivity index (χ4n) is 13.3. The molecule has 0 saturated heterocycles. The van der Waals surface area contributed by atoms with E-state index in [9.17, 15) is 0 Å². The molecule has 0 heterocycles. The van der Waals surface area contributed by atoms with E-state index < -0.39 is 12.1 Å². The van der Waals surface area contributed by atoms with E-state index in [2.05, 4.69) is 162 Å². The largest absolute Gasteiger partial charge is 0.378 e. The lowest BCUT2D eigenvalue weighted by Crippen LogP contribution is -2.51. The first-order chi connectivity index (χ1) is 28.5. The molecule has 8 rings (SSSR count). The van der Waals surface area contributed by atoms with E-state index in [0.717, 1.165) is 54.8 Å². The summed E-state index contributed by atoms with van der Waals surface area (Å²) in [4.78, 5) is 0. The standard InChI is InChI=1S/C54H70OP2S2/c1-40(2)19-18-20-41(3)49-31-32-50-48-30-29-42-39-43(33-36-53(42,4)51(48)34-37-54(49,50)5)55-38-35-52(56(58,44-21-10-6-11-22-44)45-23-12-7-13-24-45)57(59,46-25-14-8-15-26-46)47-27-16-9-17-28-47/h6-17,21-29,40-41,43,48-52H,18-20,30-39H2,1-5H3/t41-,43+,48+,49-,50+,51+,53+,54-/m1/s1. The first-order valence-electron chi connectivity index (χ1n) is 23.2. The molecule has 5 heteroatoms. The molecule has 0 N–H and O–H groups in total. The number of hydrogen-bond acceptors (Lipinski definition) is 3. The Kier molecular flexibility index (Phi) is 13.5. The van der Waals surface area contributed by atoms with Gasteiger partial charge in [0.05, 0.1) is 6.10 Å². The summed E-state index contributed by atoms with van der Waals surface area (Å²) < 4.78 is 7.15. The van der Waals surface area contributed by atoms with Crippen molar-refractivity contribution in [2.24, 2.45) is 46.3 Å². The number of hydrogen-bond donors (Lipinski definition) is 0. The number of rotatable bonds is 15. The predicted octanol–water partition coefficient (Wildman–Crippen LogP) is 13.4. The number of benzene rings is 4. The van der Waals surface area contributed by atoms with Gasteiger partial charge in [-0.25, -0.2) is 0 Å². The summed E-state index contributed by atoms with van der Waals surface area (Å²) in [7, 11) is 0. The average Bonchev–Trinajstić information content (AvgIpc) is 3.63. The van der Waals surface area contributed by atoms with Crippen LogP contribution in [0.5, 0.6) is 0 Å². The highest BCUT2D eigenvalue weighted by atomic mass is 32.5. The third-order valence-electron chi connectivity index (χ3n) is 16.4. The van der Waals surface area contributed by atoms with Gasteiger partial charge in [-0.15, -0.1) is 0 Å². The van der Waals surface area contributed by atoms with Crippen molar-refractivity contribution >= 4 is 56.9 Å². The Morgan fingerprint density at radius 3 is 1.66 bits per heavy atom. The molecule has 4 aromatic rings. The smallest absolute Gasteiger partial charge is 0.0612 e. The van der Waals surface area contributed by atoms with Gasteiger partial charge < -0.3 is 4.74 Å². The molecule has 314 valence electrons.